The first-order chi connectivity index (χ1) is 8.63. The minimum Gasteiger partial charge on any atom is -0.260 e. The summed E-state index contributed by atoms with van der Waals surface area (Å²) < 4.78 is 58.7. The fourth-order valence-corrected chi connectivity index (χ4v) is 3.28. The van der Waals surface area contributed by atoms with Gasteiger partial charge in [0, 0.05) is 29.4 Å². The highest BCUT2D eigenvalue weighted by atomic mass is 32.2. The number of hydrogen-bond acceptors (Lipinski definition) is 5. The lowest BCUT2D eigenvalue weighted by molar-refractivity contribution is 0.583. The molecular weight excluding hydrogens is 312 g/mol. The second kappa shape index (κ2) is 6.09. The van der Waals surface area contributed by atoms with Crippen LogP contribution in [-0.4, -0.2) is 39.6 Å². The lowest BCUT2D eigenvalue weighted by Crippen LogP contribution is -2.27. The summed E-state index contributed by atoms with van der Waals surface area (Å²) in [5.74, 6) is 0.203. The quantitative estimate of drug-likeness (QED) is 0.693. The van der Waals surface area contributed by atoms with Gasteiger partial charge in [-0.05, 0) is 24.3 Å². The minimum atomic E-state index is -3.85. The number of nitrogens with two attached hydrogens (primary N) is 1. The molecule has 1 rings (SSSR count). The molecule has 0 fully saturated rings. The molecule has 0 aromatic heterocycles. The molecule has 3 N–H and O–H groups in total. The van der Waals surface area contributed by atoms with E-state index in [2.05, 4.69) is 4.72 Å². The molecule has 1 aromatic rings. The largest absolute Gasteiger partial charge is 0.260 e. The highest BCUT2D eigenvalue weighted by Gasteiger charge is 2.15. The van der Waals surface area contributed by atoms with Crippen molar-refractivity contribution in [2.24, 2.45) is 5.14 Å². The molecule has 0 radical (unpaired) electrons. The van der Waals surface area contributed by atoms with Gasteiger partial charge in [0.15, 0.2) is 0 Å². The average molecular weight is 326 g/mol. The van der Waals surface area contributed by atoms with Crippen molar-refractivity contribution < 1.29 is 21.0 Å². The van der Waals surface area contributed by atoms with E-state index in [1.54, 1.807) is 0 Å². The van der Waals surface area contributed by atoms with Crippen LogP contribution in [0.15, 0.2) is 34.1 Å². The molecule has 0 saturated heterocycles. The monoisotopic (exact) mass is 326 g/mol. The van der Waals surface area contributed by atoms with Crippen molar-refractivity contribution >= 4 is 30.8 Å². The Labute approximate surface area is 114 Å². The lowest BCUT2D eigenvalue weighted by Gasteiger charge is -2.06. The van der Waals surface area contributed by atoms with Crippen LogP contribution in [0.5, 0.6) is 0 Å². The average Bonchev–Trinajstić information content (AvgIpc) is 2.27. The van der Waals surface area contributed by atoms with Crippen LogP contribution < -0.4 is 9.86 Å². The molecule has 0 bridgehead atoms. The Morgan fingerprint density at radius 2 is 1.58 bits per heavy atom. The smallest absolute Gasteiger partial charge is 0.240 e. The zero-order chi connectivity index (χ0) is 14.7. The van der Waals surface area contributed by atoms with Gasteiger partial charge in [-0.1, -0.05) is 0 Å². The fraction of sp³-hybridized carbons (Fsp3) is 0.333. The molecular formula is C9H14N2O5S3. The Balaban J connectivity index is 2.88. The van der Waals surface area contributed by atoms with E-state index < -0.39 is 30.8 Å². The molecule has 1 aromatic carbocycles. The molecule has 0 saturated carbocycles. The van der Waals surface area contributed by atoms with Gasteiger partial charge >= 0.3 is 0 Å². The zero-order valence-electron chi connectivity index (χ0n) is 10.1. The molecule has 108 valence electrons. The summed E-state index contributed by atoms with van der Waals surface area (Å²) in [5.41, 5.74) is 0. The molecule has 0 spiro atoms. The van der Waals surface area contributed by atoms with Gasteiger partial charge in [-0.2, -0.15) is 0 Å². The molecule has 7 nitrogen and oxygen atoms in total. The van der Waals surface area contributed by atoms with Crippen molar-refractivity contribution in [2.75, 3.05) is 18.6 Å². The van der Waals surface area contributed by atoms with Crippen molar-refractivity contribution in [3.05, 3.63) is 24.3 Å². The lowest BCUT2D eigenvalue weighted by atomic mass is 10.4. The number of hydrogen-bond donors (Lipinski definition) is 2. The molecule has 19 heavy (non-hydrogen) atoms. The maximum absolute atomic E-state index is 11.8. The Morgan fingerprint density at radius 1 is 1.11 bits per heavy atom. The van der Waals surface area contributed by atoms with Crippen molar-refractivity contribution in [3.8, 4) is 0 Å². The molecule has 0 aliphatic carbocycles. The number of sulfonamides is 2. The molecule has 0 aliphatic heterocycles. The van der Waals surface area contributed by atoms with Crippen molar-refractivity contribution in [1.82, 2.24) is 4.72 Å². The summed E-state index contributed by atoms with van der Waals surface area (Å²) in [4.78, 5) is -0.247. The second-order valence-corrected chi connectivity index (χ2v) is 8.57. The highest BCUT2D eigenvalue weighted by molar-refractivity contribution is 7.90. The van der Waals surface area contributed by atoms with E-state index in [-0.39, 0.29) is 22.1 Å². The Kier molecular flexibility index (Phi) is 5.21. The Bertz CT molecular complexity index is 664. The second-order valence-electron chi connectivity index (χ2n) is 3.69. The van der Waals surface area contributed by atoms with Crippen LogP contribution in [0.3, 0.4) is 0 Å². The van der Waals surface area contributed by atoms with Crippen molar-refractivity contribution in [1.29, 1.82) is 0 Å². The van der Waals surface area contributed by atoms with Gasteiger partial charge in [-0.15, -0.1) is 0 Å². The summed E-state index contributed by atoms with van der Waals surface area (Å²) >= 11 is 0. The predicted octanol–water partition coefficient (Wildman–Crippen LogP) is -1.01. The summed E-state index contributed by atoms with van der Waals surface area (Å²) in [7, 11) is -8.68. The first-order valence-electron chi connectivity index (χ1n) is 5.05. The van der Waals surface area contributed by atoms with Gasteiger partial charge in [0.25, 0.3) is 0 Å². The van der Waals surface area contributed by atoms with Gasteiger partial charge in [0.1, 0.15) is 0 Å². The maximum Gasteiger partial charge on any atom is 0.240 e. The fourth-order valence-electron chi connectivity index (χ4n) is 1.21. The molecule has 0 heterocycles. The summed E-state index contributed by atoms with van der Waals surface area (Å²) in [5, 5.41) is 4.90. The van der Waals surface area contributed by atoms with E-state index in [0.717, 1.165) is 24.3 Å². The van der Waals surface area contributed by atoms with Crippen LogP contribution >= 0.6 is 0 Å². The SMILES string of the molecule is CS(=O)CCNS(=O)(=O)c1ccc(S(N)(=O)=O)cc1. The van der Waals surface area contributed by atoms with Crippen LogP contribution in [-0.2, 0) is 30.8 Å². The third-order valence-electron chi connectivity index (χ3n) is 2.14. The van der Waals surface area contributed by atoms with Gasteiger partial charge in [-0.3, -0.25) is 4.21 Å². The normalized spacial score (nSPS) is 14.2. The molecule has 10 heteroatoms. The van der Waals surface area contributed by atoms with Crippen LogP contribution in [0.25, 0.3) is 0 Å². The first kappa shape index (κ1) is 16.2. The minimum absolute atomic E-state index is 0.0440. The van der Waals surface area contributed by atoms with E-state index in [0.29, 0.717) is 0 Å². The van der Waals surface area contributed by atoms with E-state index in [9.17, 15) is 21.0 Å². The van der Waals surface area contributed by atoms with E-state index in [1.165, 1.54) is 6.26 Å². The number of primary sulfonamides is 1. The summed E-state index contributed by atoms with van der Waals surface area (Å²) in [6.07, 6.45) is 1.47. The highest BCUT2D eigenvalue weighted by Crippen LogP contribution is 2.12. The number of benzene rings is 1. The molecule has 0 aliphatic rings. The van der Waals surface area contributed by atoms with Crippen LogP contribution in [0.1, 0.15) is 0 Å². The summed E-state index contributed by atoms with van der Waals surface area (Å²) in [6, 6.07) is 4.51. The van der Waals surface area contributed by atoms with Gasteiger partial charge < -0.3 is 0 Å². The van der Waals surface area contributed by atoms with Crippen molar-refractivity contribution in [3.63, 3.8) is 0 Å². The van der Waals surface area contributed by atoms with E-state index >= 15 is 0 Å². The van der Waals surface area contributed by atoms with Gasteiger partial charge in [-0.25, -0.2) is 26.7 Å². The maximum atomic E-state index is 11.8. The van der Waals surface area contributed by atoms with Crippen LogP contribution in [0.4, 0.5) is 0 Å². The van der Waals surface area contributed by atoms with Crippen LogP contribution in [0, 0.1) is 0 Å². The molecule has 1 unspecified atom stereocenters. The predicted molar refractivity (Wildman–Crippen MR) is 71.9 cm³/mol. The Morgan fingerprint density at radius 3 is 2.00 bits per heavy atom. The van der Waals surface area contributed by atoms with Crippen molar-refractivity contribution in [2.45, 2.75) is 9.79 Å². The van der Waals surface area contributed by atoms with Gasteiger partial charge in [0.05, 0.1) is 9.79 Å². The topological polar surface area (TPSA) is 123 Å². The van der Waals surface area contributed by atoms with E-state index in [1.807, 2.05) is 0 Å². The zero-order valence-corrected chi connectivity index (χ0v) is 12.5. The number of rotatable bonds is 6. The van der Waals surface area contributed by atoms with Crippen LogP contribution in [0.2, 0.25) is 0 Å². The summed E-state index contributed by atoms with van der Waals surface area (Å²) in [6.45, 7) is 0.0440. The first-order valence-corrected chi connectivity index (χ1v) is 9.81. The third-order valence-corrected chi connectivity index (χ3v) is 5.33. The number of nitrogens with one attached hydrogen (secondary N) is 1. The molecule has 0 amide bonds. The van der Waals surface area contributed by atoms with Gasteiger partial charge in [0.2, 0.25) is 20.0 Å². The van der Waals surface area contributed by atoms with E-state index in [4.69, 9.17) is 5.14 Å². The Hall–Kier alpha value is -0.810. The standard InChI is InChI=1S/C9H14N2O5S3/c1-17(12)7-6-11-19(15,16)9-4-2-8(3-5-9)18(10,13)14/h2-5,11H,6-7H2,1H3,(H2,10,13,14). The molecule has 1 atom stereocenters. The third kappa shape index (κ3) is 4.99.